The summed E-state index contributed by atoms with van der Waals surface area (Å²) in [4.78, 5) is 16.4. The number of carbonyl (C=O) groups is 1. The van der Waals surface area contributed by atoms with Crippen LogP contribution in [0.3, 0.4) is 0 Å². The maximum Gasteiger partial charge on any atom is 0.263 e. The first-order valence-corrected chi connectivity index (χ1v) is 7.02. The first-order valence-electron chi connectivity index (χ1n) is 6.21. The molecule has 0 radical (unpaired) electrons. The molecule has 0 bridgehead atoms. The Morgan fingerprint density at radius 1 is 1.59 bits per heavy atom. The standard InChI is InChI=1S/C13H20N2OS/c1-10-5-6-12(17-10)13(16)15-7-3-4-11(9-15)8-14-2/h5-6,11,14H,3-4,7-9H2,1-2H3. The van der Waals surface area contributed by atoms with E-state index in [0.29, 0.717) is 5.92 Å². The van der Waals surface area contributed by atoms with Crippen molar-refractivity contribution in [3.8, 4) is 0 Å². The maximum absolute atomic E-state index is 12.3. The molecule has 1 fully saturated rings. The lowest BCUT2D eigenvalue weighted by Crippen LogP contribution is -2.42. The monoisotopic (exact) mass is 252 g/mol. The summed E-state index contributed by atoms with van der Waals surface area (Å²) in [5.74, 6) is 0.822. The topological polar surface area (TPSA) is 32.3 Å². The van der Waals surface area contributed by atoms with Gasteiger partial charge in [0.15, 0.2) is 0 Å². The van der Waals surface area contributed by atoms with Gasteiger partial charge in [0.1, 0.15) is 0 Å². The van der Waals surface area contributed by atoms with E-state index >= 15 is 0 Å². The van der Waals surface area contributed by atoms with Crippen molar-refractivity contribution in [1.82, 2.24) is 10.2 Å². The number of aryl methyl sites for hydroxylation is 1. The Balaban J connectivity index is 1.99. The van der Waals surface area contributed by atoms with Crippen LogP contribution in [0.1, 0.15) is 27.4 Å². The average Bonchev–Trinajstić information content (AvgIpc) is 2.76. The van der Waals surface area contributed by atoms with E-state index < -0.39 is 0 Å². The molecule has 1 unspecified atom stereocenters. The van der Waals surface area contributed by atoms with Crippen LogP contribution in [-0.4, -0.2) is 37.5 Å². The molecule has 3 nitrogen and oxygen atoms in total. The number of carbonyl (C=O) groups excluding carboxylic acids is 1. The van der Waals surface area contributed by atoms with Gasteiger partial charge < -0.3 is 10.2 Å². The number of hydrogen-bond acceptors (Lipinski definition) is 3. The molecule has 2 rings (SSSR count). The van der Waals surface area contributed by atoms with Crippen molar-refractivity contribution in [2.24, 2.45) is 5.92 Å². The lowest BCUT2D eigenvalue weighted by atomic mass is 9.98. The van der Waals surface area contributed by atoms with E-state index in [1.807, 2.05) is 31.0 Å². The van der Waals surface area contributed by atoms with Gasteiger partial charge in [0, 0.05) is 18.0 Å². The van der Waals surface area contributed by atoms with Crippen LogP contribution in [0.5, 0.6) is 0 Å². The Morgan fingerprint density at radius 2 is 2.41 bits per heavy atom. The Morgan fingerprint density at radius 3 is 3.06 bits per heavy atom. The molecule has 1 aliphatic heterocycles. The van der Waals surface area contributed by atoms with Gasteiger partial charge in [-0.3, -0.25) is 4.79 Å². The highest BCUT2D eigenvalue weighted by Crippen LogP contribution is 2.21. The normalized spacial score (nSPS) is 20.6. The van der Waals surface area contributed by atoms with Crippen molar-refractivity contribution in [2.75, 3.05) is 26.7 Å². The second kappa shape index (κ2) is 5.65. The van der Waals surface area contributed by atoms with Crippen molar-refractivity contribution >= 4 is 17.2 Å². The third-order valence-corrected chi connectivity index (χ3v) is 4.24. The van der Waals surface area contributed by atoms with Crippen molar-refractivity contribution in [2.45, 2.75) is 19.8 Å². The molecule has 0 aromatic carbocycles. The first kappa shape index (κ1) is 12.6. The van der Waals surface area contributed by atoms with Crippen molar-refractivity contribution < 1.29 is 4.79 Å². The minimum absolute atomic E-state index is 0.212. The summed E-state index contributed by atoms with van der Waals surface area (Å²) in [5.41, 5.74) is 0. The fourth-order valence-electron chi connectivity index (χ4n) is 2.41. The van der Waals surface area contributed by atoms with Gasteiger partial charge in [-0.2, -0.15) is 0 Å². The smallest absolute Gasteiger partial charge is 0.263 e. The second-order valence-corrected chi connectivity index (χ2v) is 6.02. The second-order valence-electron chi connectivity index (χ2n) is 4.73. The van der Waals surface area contributed by atoms with Crippen LogP contribution < -0.4 is 5.32 Å². The molecule has 0 saturated carbocycles. The molecule has 1 aromatic rings. The number of likely N-dealkylation sites (tertiary alicyclic amines) is 1. The van der Waals surface area contributed by atoms with Crippen molar-refractivity contribution in [1.29, 1.82) is 0 Å². The Labute approximate surface area is 107 Å². The van der Waals surface area contributed by atoms with Gasteiger partial charge in [0.05, 0.1) is 4.88 Å². The summed E-state index contributed by atoms with van der Waals surface area (Å²) in [6.07, 6.45) is 2.36. The van der Waals surface area contributed by atoms with Crippen molar-refractivity contribution in [3.05, 3.63) is 21.9 Å². The highest BCUT2D eigenvalue weighted by atomic mass is 32.1. The van der Waals surface area contributed by atoms with Crippen LogP contribution in [0.15, 0.2) is 12.1 Å². The fourth-order valence-corrected chi connectivity index (χ4v) is 3.25. The molecule has 1 saturated heterocycles. The van der Waals surface area contributed by atoms with Crippen LogP contribution in [0, 0.1) is 12.8 Å². The molecule has 0 spiro atoms. The molecular formula is C13H20N2OS. The molecule has 4 heteroatoms. The minimum atomic E-state index is 0.212. The molecule has 1 aliphatic rings. The Bertz CT molecular complexity index is 387. The lowest BCUT2D eigenvalue weighted by molar-refractivity contribution is 0.0679. The first-order chi connectivity index (χ1) is 8.20. The number of piperidine rings is 1. The molecule has 94 valence electrons. The molecule has 17 heavy (non-hydrogen) atoms. The summed E-state index contributed by atoms with van der Waals surface area (Å²) >= 11 is 1.60. The van der Waals surface area contributed by atoms with Gasteiger partial charge in [0.2, 0.25) is 0 Å². The van der Waals surface area contributed by atoms with Gasteiger partial charge in [-0.25, -0.2) is 0 Å². The highest BCUT2D eigenvalue weighted by Gasteiger charge is 2.24. The average molecular weight is 252 g/mol. The quantitative estimate of drug-likeness (QED) is 0.894. The molecule has 2 heterocycles. The lowest BCUT2D eigenvalue weighted by Gasteiger charge is -2.32. The number of thiophene rings is 1. The van der Waals surface area contributed by atoms with Crippen LogP contribution >= 0.6 is 11.3 Å². The van der Waals surface area contributed by atoms with E-state index in [1.165, 1.54) is 11.3 Å². The van der Waals surface area contributed by atoms with Crippen LogP contribution in [0.25, 0.3) is 0 Å². The van der Waals surface area contributed by atoms with Crippen LogP contribution in [0.4, 0.5) is 0 Å². The largest absolute Gasteiger partial charge is 0.338 e. The Kier molecular flexibility index (Phi) is 4.18. The molecule has 1 atom stereocenters. The fraction of sp³-hybridized carbons (Fsp3) is 0.615. The van der Waals surface area contributed by atoms with Gasteiger partial charge in [-0.1, -0.05) is 0 Å². The van der Waals surface area contributed by atoms with E-state index in [4.69, 9.17) is 0 Å². The van der Waals surface area contributed by atoms with E-state index in [-0.39, 0.29) is 5.91 Å². The van der Waals surface area contributed by atoms with E-state index in [0.717, 1.165) is 30.9 Å². The number of nitrogens with zero attached hydrogens (tertiary/aromatic N) is 1. The molecule has 1 N–H and O–H groups in total. The van der Waals surface area contributed by atoms with E-state index in [1.54, 1.807) is 11.3 Å². The molecule has 1 aromatic heterocycles. The summed E-state index contributed by atoms with van der Waals surface area (Å²) in [5, 5.41) is 3.21. The predicted molar refractivity (Wildman–Crippen MR) is 71.6 cm³/mol. The highest BCUT2D eigenvalue weighted by molar-refractivity contribution is 7.13. The van der Waals surface area contributed by atoms with Crippen LogP contribution in [0.2, 0.25) is 0 Å². The van der Waals surface area contributed by atoms with Gasteiger partial charge in [0.25, 0.3) is 5.91 Å². The molecule has 0 aliphatic carbocycles. The van der Waals surface area contributed by atoms with Crippen LogP contribution in [-0.2, 0) is 0 Å². The zero-order chi connectivity index (χ0) is 12.3. The maximum atomic E-state index is 12.3. The van der Waals surface area contributed by atoms with Gasteiger partial charge >= 0.3 is 0 Å². The Hall–Kier alpha value is -0.870. The number of rotatable bonds is 3. The SMILES string of the molecule is CNCC1CCCN(C(=O)c2ccc(C)s2)C1. The zero-order valence-electron chi connectivity index (χ0n) is 10.5. The summed E-state index contributed by atoms with van der Waals surface area (Å²) in [7, 11) is 1.98. The number of amides is 1. The van der Waals surface area contributed by atoms with E-state index in [2.05, 4.69) is 5.32 Å². The van der Waals surface area contributed by atoms with Gasteiger partial charge in [-0.15, -0.1) is 11.3 Å². The predicted octanol–water partition coefficient (Wildman–Crippen LogP) is 2.13. The zero-order valence-corrected chi connectivity index (χ0v) is 11.3. The summed E-state index contributed by atoms with van der Waals surface area (Å²) in [6.45, 7) is 4.86. The third-order valence-electron chi connectivity index (χ3n) is 3.25. The minimum Gasteiger partial charge on any atom is -0.338 e. The van der Waals surface area contributed by atoms with Gasteiger partial charge in [-0.05, 0) is 51.4 Å². The van der Waals surface area contributed by atoms with E-state index in [9.17, 15) is 4.79 Å². The number of hydrogen-bond donors (Lipinski definition) is 1. The number of nitrogens with one attached hydrogen (secondary N) is 1. The molecular weight excluding hydrogens is 232 g/mol. The third kappa shape index (κ3) is 3.07. The molecule has 1 amide bonds. The van der Waals surface area contributed by atoms with Crippen molar-refractivity contribution in [3.63, 3.8) is 0 Å². The summed E-state index contributed by atoms with van der Waals surface area (Å²) in [6, 6.07) is 3.97. The summed E-state index contributed by atoms with van der Waals surface area (Å²) < 4.78 is 0.